The number of aliphatic hydroxyl groups excluding tert-OH is 1. The average Bonchev–Trinajstić information content (AvgIpc) is 2.57. The van der Waals surface area contributed by atoms with Gasteiger partial charge in [0.05, 0.1) is 5.66 Å². The summed E-state index contributed by atoms with van der Waals surface area (Å²) in [5, 5.41) is 19.3. The molecule has 2 saturated heterocycles. The number of rotatable bonds is 1. The smallest absolute Gasteiger partial charge is 0.332 e. The van der Waals surface area contributed by atoms with Crippen molar-refractivity contribution < 1.29 is 19.8 Å². The fourth-order valence-electron chi connectivity index (χ4n) is 2.26. The van der Waals surface area contributed by atoms with E-state index in [-0.39, 0.29) is 11.1 Å². The van der Waals surface area contributed by atoms with Crippen LogP contribution in [0.1, 0.15) is 40.5 Å². The number of aliphatic hydroxyl groups is 1. The fraction of sp³-hybridized carbons (Fsp3) is 0.846. The highest BCUT2D eigenvalue weighted by Crippen LogP contribution is 2.35. The number of carboxylic acid groups (broad SMARTS) is 1. The van der Waals surface area contributed by atoms with Crippen LogP contribution in [-0.2, 0) is 9.59 Å². The minimum Gasteiger partial charge on any atom is -0.479 e. The third-order valence-corrected chi connectivity index (χ3v) is 3.61. The quantitative estimate of drug-likeness (QED) is 0.643. The Morgan fingerprint density at radius 3 is 2.42 bits per heavy atom. The molecule has 0 saturated carbocycles. The van der Waals surface area contributed by atoms with Crippen LogP contribution in [-0.4, -0.2) is 51.8 Å². The molecule has 3 N–H and O–H groups in total. The molecule has 0 unspecified atom stereocenters. The van der Waals surface area contributed by atoms with Crippen LogP contribution in [0.3, 0.4) is 0 Å². The van der Waals surface area contributed by atoms with Crippen molar-refractivity contribution in [3.8, 4) is 0 Å². The van der Waals surface area contributed by atoms with E-state index >= 15 is 0 Å². The van der Waals surface area contributed by atoms with Crippen LogP contribution in [0.2, 0.25) is 0 Å². The number of carbonyl (C=O) groups is 2. The lowest BCUT2D eigenvalue weighted by Crippen LogP contribution is -2.63. The molecule has 0 bridgehead atoms. The second kappa shape index (κ2) is 5.46. The molecule has 19 heavy (non-hydrogen) atoms. The van der Waals surface area contributed by atoms with E-state index in [9.17, 15) is 9.59 Å². The lowest BCUT2D eigenvalue weighted by atomic mass is 9.88. The zero-order valence-electron chi connectivity index (χ0n) is 12.1. The van der Waals surface area contributed by atoms with Crippen molar-refractivity contribution in [1.82, 2.24) is 10.2 Å². The van der Waals surface area contributed by atoms with Gasteiger partial charge in [0.2, 0.25) is 5.91 Å². The zero-order valence-corrected chi connectivity index (χ0v) is 12.1. The van der Waals surface area contributed by atoms with Crippen molar-refractivity contribution >= 4 is 11.9 Å². The summed E-state index contributed by atoms with van der Waals surface area (Å²) in [6, 6.07) is 0. The van der Waals surface area contributed by atoms with Gasteiger partial charge in [-0.15, -0.1) is 0 Å². The van der Waals surface area contributed by atoms with Crippen LogP contribution in [0, 0.1) is 5.41 Å². The topological polar surface area (TPSA) is 89.9 Å². The molecule has 2 atom stereocenters. The summed E-state index contributed by atoms with van der Waals surface area (Å²) < 4.78 is 0. The highest BCUT2D eigenvalue weighted by atomic mass is 16.4. The van der Waals surface area contributed by atoms with E-state index in [2.05, 4.69) is 26.1 Å². The number of fused-ring (bicyclic) bond motifs is 1. The standard InChI is InChI=1S/C10H18N2O.C3H6O3/c1-9(2)6-11-10(3)5-4-8(13)12(10)7-9;1-2(4)3(5)6/h11H,4-7H2,1-3H3;2,4H,1H3,(H,5,6)/t10-;2-/m11/s1. The molecule has 2 fully saturated rings. The van der Waals surface area contributed by atoms with Crippen molar-refractivity contribution in [2.45, 2.75) is 52.3 Å². The minimum atomic E-state index is -1.23. The summed E-state index contributed by atoms with van der Waals surface area (Å²) in [6.07, 6.45) is 0.437. The summed E-state index contributed by atoms with van der Waals surface area (Å²) in [4.78, 5) is 23.0. The van der Waals surface area contributed by atoms with Gasteiger partial charge in [-0.2, -0.15) is 0 Å². The molecule has 2 aliphatic rings. The second-order valence-corrected chi connectivity index (χ2v) is 6.29. The summed E-state index contributed by atoms with van der Waals surface area (Å²) in [5.41, 5.74) is 0.173. The molecular formula is C13H24N2O4. The van der Waals surface area contributed by atoms with Crippen molar-refractivity contribution in [2.24, 2.45) is 5.41 Å². The Kier molecular flexibility index (Phi) is 4.58. The van der Waals surface area contributed by atoms with Crippen molar-refractivity contribution in [2.75, 3.05) is 13.1 Å². The molecule has 1 amide bonds. The molecular weight excluding hydrogens is 248 g/mol. The lowest BCUT2D eigenvalue weighted by molar-refractivity contribution is -0.145. The van der Waals surface area contributed by atoms with Crippen molar-refractivity contribution in [1.29, 1.82) is 0 Å². The Bertz CT molecular complexity index is 368. The number of amides is 1. The number of carbonyl (C=O) groups excluding carboxylic acids is 1. The maximum absolute atomic E-state index is 11.6. The molecule has 6 nitrogen and oxygen atoms in total. The summed E-state index contributed by atoms with van der Waals surface area (Å²) in [7, 11) is 0. The third-order valence-electron chi connectivity index (χ3n) is 3.61. The molecule has 2 aliphatic heterocycles. The molecule has 0 radical (unpaired) electrons. The van der Waals surface area contributed by atoms with E-state index < -0.39 is 12.1 Å². The average molecular weight is 272 g/mol. The summed E-state index contributed by atoms with van der Waals surface area (Å²) in [5.74, 6) is -0.877. The van der Waals surface area contributed by atoms with Gasteiger partial charge >= 0.3 is 5.97 Å². The molecule has 0 aliphatic carbocycles. The maximum Gasteiger partial charge on any atom is 0.332 e. The van der Waals surface area contributed by atoms with Crippen LogP contribution in [0.5, 0.6) is 0 Å². The Morgan fingerprint density at radius 2 is 1.95 bits per heavy atom. The van der Waals surface area contributed by atoms with Gasteiger partial charge in [0.15, 0.2) is 0 Å². The minimum absolute atomic E-state index is 0.0490. The van der Waals surface area contributed by atoms with Gasteiger partial charge in [-0.25, -0.2) is 4.79 Å². The SMILES string of the molecule is CC1(C)CN[C@@]2(C)CCC(=O)N2C1.C[C@@H](O)C(=O)O. The predicted octanol–water partition coefficient (Wildman–Crippen LogP) is 0.406. The van der Waals surface area contributed by atoms with Gasteiger partial charge in [-0.3, -0.25) is 10.1 Å². The van der Waals surface area contributed by atoms with Gasteiger partial charge in [-0.05, 0) is 25.7 Å². The first-order valence-corrected chi connectivity index (χ1v) is 6.54. The normalized spacial score (nSPS) is 30.2. The van der Waals surface area contributed by atoms with Gasteiger partial charge in [0, 0.05) is 19.5 Å². The summed E-state index contributed by atoms with van der Waals surface area (Å²) >= 11 is 0. The summed E-state index contributed by atoms with van der Waals surface area (Å²) in [6.45, 7) is 9.63. The van der Waals surface area contributed by atoms with Crippen LogP contribution < -0.4 is 5.32 Å². The molecule has 0 spiro atoms. The number of nitrogens with zero attached hydrogens (tertiary/aromatic N) is 1. The maximum atomic E-state index is 11.6. The van der Waals surface area contributed by atoms with Crippen molar-refractivity contribution in [3.05, 3.63) is 0 Å². The Morgan fingerprint density at radius 1 is 1.42 bits per heavy atom. The van der Waals surface area contributed by atoms with Crippen molar-refractivity contribution in [3.63, 3.8) is 0 Å². The molecule has 0 aromatic carbocycles. The van der Waals surface area contributed by atoms with E-state index in [1.165, 1.54) is 6.92 Å². The monoisotopic (exact) mass is 272 g/mol. The molecule has 2 heterocycles. The number of hydrogen-bond donors (Lipinski definition) is 3. The van der Waals surface area contributed by atoms with Gasteiger partial charge in [-0.1, -0.05) is 13.8 Å². The zero-order chi connectivity index (χ0) is 14.8. The van der Waals surface area contributed by atoms with E-state index in [1.54, 1.807) is 0 Å². The van der Waals surface area contributed by atoms with E-state index in [4.69, 9.17) is 10.2 Å². The molecule has 0 aromatic heterocycles. The predicted molar refractivity (Wildman–Crippen MR) is 70.5 cm³/mol. The lowest BCUT2D eigenvalue weighted by Gasteiger charge is -2.47. The van der Waals surface area contributed by atoms with Gasteiger partial charge in [0.1, 0.15) is 6.10 Å². The first-order chi connectivity index (χ1) is 8.57. The Balaban J connectivity index is 0.000000258. The van der Waals surface area contributed by atoms with E-state index in [0.717, 1.165) is 19.5 Å². The molecule has 6 heteroatoms. The first kappa shape index (κ1) is 15.9. The second-order valence-electron chi connectivity index (χ2n) is 6.29. The number of aliphatic carboxylic acids is 1. The van der Waals surface area contributed by atoms with E-state index in [1.807, 2.05) is 4.90 Å². The largest absolute Gasteiger partial charge is 0.479 e. The fourth-order valence-corrected chi connectivity index (χ4v) is 2.26. The first-order valence-electron chi connectivity index (χ1n) is 6.54. The Hall–Kier alpha value is -1.14. The van der Waals surface area contributed by atoms with Gasteiger partial charge < -0.3 is 15.1 Å². The van der Waals surface area contributed by atoms with Crippen LogP contribution in [0.25, 0.3) is 0 Å². The Labute approximate surface area is 113 Å². The number of hydrogen-bond acceptors (Lipinski definition) is 4. The van der Waals surface area contributed by atoms with E-state index in [0.29, 0.717) is 12.3 Å². The highest BCUT2D eigenvalue weighted by Gasteiger charge is 2.47. The van der Waals surface area contributed by atoms with Gasteiger partial charge in [0.25, 0.3) is 0 Å². The third kappa shape index (κ3) is 3.91. The molecule has 110 valence electrons. The highest BCUT2D eigenvalue weighted by molar-refractivity contribution is 5.79. The number of nitrogens with one attached hydrogen (secondary N) is 1. The van der Waals surface area contributed by atoms with Crippen LogP contribution >= 0.6 is 0 Å². The number of carboxylic acids is 1. The van der Waals surface area contributed by atoms with Crippen LogP contribution in [0.15, 0.2) is 0 Å². The molecule has 2 rings (SSSR count). The molecule has 0 aromatic rings. The van der Waals surface area contributed by atoms with Crippen LogP contribution in [0.4, 0.5) is 0 Å².